The molecule has 0 radical (unpaired) electrons. The maximum absolute atomic E-state index is 11.7. The highest BCUT2D eigenvalue weighted by atomic mass is 127. The number of benzene rings is 1. The van der Waals surface area contributed by atoms with E-state index in [1.807, 2.05) is 19.1 Å². The number of hydrogen-bond donors (Lipinski definition) is 0. The lowest BCUT2D eigenvalue weighted by Gasteiger charge is -2.19. The van der Waals surface area contributed by atoms with E-state index in [1.165, 1.54) is 3.57 Å². The third-order valence-corrected chi connectivity index (χ3v) is 3.78. The maximum atomic E-state index is 11.7. The zero-order valence-corrected chi connectivity index (χ0v) is 13.3. The van der Waals surface area contributed by atoms with Crippen molar-refractivity contribution in [2.24, 2.45) is 0 Å². The van der Waals surface area contributed by atoms with Crippen LogP contribution in [0.5, 0.6) is 0 Å². The summed E-state index contributed by atoms with van der Waals surface area (Å²) in [5, 5.41) is 0. The molecule has 0 heterocycles. The predicted molar refractivity (Wildman–Crippen MR) is 82.4 cm³/mol. The van der Waals surface area contributed by atoms with Gasteiger partial charge in [-0.3, -0.25) is 4.79 Å². The Balaban J connectivity index is 2.77. The van der Waals surface area contributed by atoms with Crippen LogP contribution in [-0.2, 0) is 9.53 Å². The Kier molecular flexibility index (Phi) is 7.32. The van der Waals surface area contributed by atoms with Crippen molar-refractivity contribution in [2.45, 2.75) is 52.1 Å². The molecule has 0 saturated carbocycles. The molecule has 0 unspecified atom stereocenters. The van der Waals surface area contributed by atoms with Gasteiger partial charge in [0.05, 0.1) is 0 Å². The van der Waals surface area contributed by atoms with Crippen LogP contribution in [0.4, 0.5) is 0 Å². The standard InChI is InChI=1S/C15H21IO2/c1-3-5-11-14(18-15(17)8-4-2)12-9-6-7-10-13(12)16/h6-7,9-10,14H,3-5,8,11H2,1-2H3/t14-/m0/s1. The number of hydrogen-bond acceptors (Lipinski definition) is 2. The zero-order chi connectivity index (χ0) is 13.4. The van der Waals surface area contributed by atoms with Crippen LogP contribution in [-0.4, -0.2) is 5.97 Å². The van der Waals surface area contributed by atoms with Gasteiger partial charge in [0, 0.05) is 15.6 Å². The average Bonchev–Trinajstić information content (AvgIpc) is 2.35. The molecule has 1 aromatic carbocycles. The van der Waals surface area contributed by atoms with E-state index in [9.17, 15) is 4.79 Å². The summed E-state index contributed by atoms with van der Waals surface area (Å²) in [4.78, 5) is 11.7. The fourth-order valence-corrected chi connectivity index (χ4v) is 2.56. The molecular formula is C15H21IO2. The number of halogens is 1. The second kappa shape index (κ2) is 8.51. The van der Waals surface area contributed by atoms with Crippen molar-refractivity contribution >= 4 is 28.6 Å². The van der Waals surface area contributed by atoms with Crippen LogP contribution in [0.25, 0.3) is 0 Å². The van der Waals surface area contributed by atoms with Gasteiger partial charge >= 0.3 is 5.97 Å². The van der Waals surface area contributed by atoms with Gasteiger partial charge in [0.15, 0.2) is 0 Å². The highest BCUT2D eigenvalue weighted by molar-refractivity contribution is 14.1. The Labute approximate surface area is 123 Å². The van der Waals surface area contributed by atoms with Crippen molar-refractivity contribution in [2.75, 3.05) is 0 Å². The van der Waals surface area contributed by atoms with E-state index in [2.05, 4.69) is 41.6 Å². The highest BCUT2D eigenvalue weighted by Crippen LogP contribution is 2.28. The third kappa shape index (κ3) is 4.96. The van der Waals surface area contributed by atoms with Crippen molar-refractivity contribution in [1.29, 1.82) is 0 Å². The predicted octanol–water partition coefficient (Wildman–Crippen LogP) is 4.87. The molecule has 0 aliphatic carbocycles. The summed E-state index contributed by atoms with van der Waals surface area (Å²) in [6, 6.07) is 8.13. The van der Waals surface area contributed by atoms with E-state index in [4.69, 9.17) is 4.74 Å². The van der Waals surface area contributed by atoms with Crippen molar-refractivity contribution in [3.63, 3.8) is 0 Å². The van der Waals surface area contributed by atoms with Gasteiger partial charge < -0.3 is 4.74 Å². The first-order valence-electron chi connectivity index (χ1n) is 6.62. The van der Waals surface area contributed by atoms with E-state index in [-0.39, 0.29) is 12.1 Å². The minimum absolute atomic E-state index is 0.0849. The first-order valence-corrected chi connectivity index (χ1v) is 7.70. The van der Waals surface area contributed by atoms with E-state index in [0.717, 1.165) is 31.2 Å². The number of unbranched alkanes of at least 4 members (excludes halogenated alkanes) is 1. The van der Waals surface area contributed by atoms with Gasteiger partial charge in [-0.15, -0.1) is 0 Å². The van der Waals surface area contributed by atoms with Crippen LogP contribution in [0.15, 0.2) is 24.3 Å². The lowest BCUT2D eigenvalue weighted by atomic mass is 10.0. The summed E-state index contributed by atoms with van der Waals surface area (Å²) in [7, 11) is 0. The van der Waals surface area contributed by atoms with Gasteiger partial charge in [0.2, 0.25) is 0 Å². The number of ether oxygens (including phenoxy) is 1. The first-order chi connectivity index (χ1) is 8.69. The van der Waals surface area contributed by atoms with Gasteiger partial charge in [0.25, 0.3) is 0 Å². The molecule has 0 N–H and O–H groups in total. The minimum atomic E-state index is -0.0860. The Morgan fingerprint density at radius 2 is 2.00 bits per heavy atom. The molecule has 0 bridgehead atoms. The van der Waals surface area contributed by atoms with E-state index < -0.39 is 0 Å². The zero-order valence-electron chi connectivity index (χ0n) is 11.1. The van der Waals surface area contributed by atoms with Crippen LogP contribution in [0.3, 0.4) is 0 Å². The monoisotopic (exact) mass is 360 g/mol. The molecule has 0 fully saturated rings. The van der Waals surface area contributed by atoms with Crippen molar-refractivity contribution in [3.05, 3.63) is 33.4 Å². The summed E-state index contributed by atoms with van der Waals surface area (Å²) in [5.41, 5.74) is 1.14. The first kappa shape index (κ1) is 15.5. The fourth-order valence-electron chi connectivity index (χ4n) is 1.83. The maximum Gasteiger partial charge on any atom is 0.306 e. The lowest BCUT2D eigenvalue weighted by molar-refractivity contribution is -0.150. The molecule has 18 heavy (non-hydrogen) atoms. The second-order valence-corrected chi connectivity index (χ2v) is 5.55. The van der Waals surface area contributed by atoms with Crippen LogP contribution < -0.4 is 0 Å². The summed E-state index contributed by atoms with van der Waals surface area (Å²) < 4.78 is 6.78. The molecule has 0 aliphatic heterocycles. The van der Waals surface area contributed by atoms with E-state index >= 15 is 0 Å². The van der Waals surface area contributed by atoms with Gasteiger partial charge in [-0.25, -0.2) is 0 Å². The quantitative estimate of drug-likeness (QED) is 0.513. The number of carbonyl (C=O) groups is 1. The Bertz CT molecular complexity index is 377. The van der Waals surface area contributed by atoms with E-state index in [0.29, 0.717) is 6.42 Å². The molecule has 0 aliphatic rings. The average molecular weight is 360 g/mol. The molecule has 0 spiro atoms. The smallest absolute Gasteiger partial charge is 0.306 e. The van der Waals surface area contributed by atoms with Gasteiger partial charge in [-0.2, -0.15) is 0 Å². The molecular weight excluding hydrogens is 339 g/mol. The normalized spacial score (nSPS) is 12.2. The van der Waals surface area contributed by atoms with Crippen molar-refractivity contribution in [3.8, 4) is 0 Å². The molecule has 100 valence electrons. The van der Waals surface area contributed by atoms with Crippen molar-refractivity contribution in [1.82, 2.24) is 0 Å². The van der Waals surface area contributed by atoms with Crippen LogP contribution in [0.1, 0.15) is 57.6 Å². The minimum Gasteiger partial charge on any atom is -0.457 e. The van der Waals surface area contributed by atoms with Crippen molar-refractivity contribution < 1.29 is 9.53 Å². The topological polar surface area (TPSA) is 26.3 Å². The molecule has 1 aromatic rings. The van der Waals surface area contributed by atoms with Gasteiger partial charge in [-0.1, -0.05) is 38.5 Å². The fraction of sp³-hybridized carbons (Fsp3) is 0.533. The molecule has 1 rings (SSSR count). The summed E-state index contributed by atoms with van der Waals surface area (Å²) in [5.74, 6) is -0.0849. The number of esters is 1. The van der Waals surface area contributed by atoms with Crippen LogP contribution in [0.2, 0.25) is 0 Å². The van der Waals surface area contributed by atoms with Gasteiger partial charge in [-0.05, 0) is 47.9 Å². The lowest BCUT2D eigenvalue weighted by Crippen LogP contribution is -2.12. The molecule has 1 atom stereocenters. The second-order valence-electron chi connectivity index (χ2n) is 4.39. The molecule has 0 aromatic heterocycles. The molecule has 0 amide bonds. The molecule has 0 saturated heterocycles. The number of rotatable bonds is 7. The molecule has 2 nitrogen and oxygen atoms in total. The number of carbonyl (C=O) groups excluding carboxylic acids is 1. The van der Waals surface area contributed by atoms with Crippen LogP contribution >= 0.6 is 22.6 Å². The Morgan fingerprint density at radius 3 is 2.61 bits per heavy atom. The Hall–Kier alpha value is -0.580. The SMILES string of the molecule is CCCC[C@H](OC(=O)CCC)c1ccccc1I. The summed E-state index contributed by atoms with van der Waals surface area (Å²) in [6.45, 7) is 4.15. The van der Waals surface area contributed by atoms with Gasteiger partial charge in [0.1, 0.15) is 6.10 Å². The molecule has 3 heteroatoms. The third-order valence-electron chi connectivity index (χ3n) is 2.80. The van der Waals surface area contributed by atoms with Crippen LogP contribution in [0, 0.1) is 3.57 Å². The summed E-state index contributed by atoms with van der Waals surface area (Å²) in [6.07, 6.45) is 4.36. The highest BCUT2D eigenvalue weighted by Gasteiger charge is 2.17. The summed E-state index contributed by atoms with van der Waals surface area (Å²) >= 11 is 2.30. The Morgan fingerprint density at radius 1 is 1.28 bits per heavy atom. The van der Waals surface area contributed by atoms with E-state index in [1.54, 1.807) is 0 Å². The largest absolute Gasteiger partial charge is 0.457 e.